The molecule has 1 aliphatic rings. The Morgan fingerprint density at radius 3 is 2.47 bits per heavy atom. The number of hydrogen-bond acceptors (Lipinski definition) is 5. The highest BCUT2D eigenvalue weighted by atomic mass is 16.3. The van der Waals surface area contributed by atoms with Gasteiger partial charge in [-0.05, 0) is 55.9 Å². The number of nitrogens with two attached hydrogens (primary N) is 1. The number of benzene rings is 2. The molecule has 2 aromatic carbocycles. The Kier molecular flexibility index (Phi) is 11.2. The van der Waals surface area contributed by atoms with Gasteiger partial charge in [-0.25, -0.2) is 0 Å². The van der Waals surface area contributed by atoms with E-state index in [2.05, 4.69) is 46.3 Å². The summed E-state index contributed by atoms with van der Waals surface area (Å²) in [5, 5.41) is 12.5. The minimum Gasteiger partial charge on any atom is -0.506 e. The molecule has 3 rings (SSSR count). The molecule has 36 heavy (non-hydrogen) atoms. The van der Waals surface area contributed by atoms with Gasteiger partial charge in [0, 0.05) is 45.2 Å². The molecule has 0 heterocycles. The lowest BCUT2D eigenvalue weighted by molar-refractivity contribution is -0.118. The molecule has 196 valence electrons. The summed E-state index contributed by atoms with van der Waals surface area (Å²) in [7, 11) is 0. The van der Waals surface area contributed by atoms with Crippen LogP contribution in [0.3, 0.4) is 0 Å². The summed E-state index contributed by atoms with van der Waals surface area (Å²) < 4.78 is 0. The first-order valence-electron chi connectivity index (χ1n) is 13.3. The van der Waals surface area contributed by atoms with Crippen molar-refractivity contribution >= 4 is 18.0 Å². The second-order valence-corrected chi connectivity index (χ2v) is 9.99. The molecule has 0 saturated heterocycles. The third-order valence-corrected chi connectivity index (χ3v) is 7.23. The topological polar surface area (TPSA) is 98.9 Å². The molecule has 2 amide bonds. The summed E-state index contributed by atoms with van der Waals surface area (Å²) in [4.78, 5) is 27.3. The van der Waals surface area contributed by atoms with Crippen LogP contribution in [-0.2, 0) is 22.4 Å². The van der Waals surface area contributed by atoms with Crippen LogP contribution in [0.1, 0.15) is 55.2 Å². The molecule has 0 radical (unpaired) electrons. The van der Waals surface area contributed by atoms with Crippen molar-refractivity contribution in [2.24, 2.45) is 5.73 Å². The number of phenols is 1. The number of carbonyl (C=O) groups excluding carboxylic acids is 2. The third kappa shape index (κ3) is 9.28. The zero-order chi connectivity index (χ0) is 25.8. The normalized spacial score (nSPS) is 14.3. The molecular formula is C29H42N4O3. The van der Waals surface area contributed by atoms with Gasteiger partial charge in [-0.2, -0.15) is 0 Å². The Morgan fingerprint density at radius 2 is 1.75 bits per heavy atom. The molecule has 1 aliphatic carbocycles. The Labute approximate surface area is 215 Å². The van der Waals surface area contributed by atoms with E-state index in [1.54, 1.807) is 6.07 Å². The fourth-order valence-electron chi connectivity index (χ4n) is 5.14. The number of anilines is 1. The number of carbonyl (C=O) groups is 2. The molecule has 0 unspecified atom stereocenters. The highest BCUT2D eigenvalue weighted by Gasteiger charge is 2.22. The average Bonchev–Trinajstić information content (AvgIpc) is 2.87. The van der Waals surface area contributed by atoms with E-state index in [0.29, 0.717) is 31.1 Å². The quantitative estimate of drug-likeness (QED) is 0.258. The molecule has 4 N–H and O–H groups in total. The molecule has 1 saturated carbocycles. The van der Waals surface area contributed by atoms with E-state index in [4.69, 9.17) is 5.73 Å². The molecule has 0 bridgehead atoms. The lowest BCUT2D eigenvalue weighted by Crippen LogP contribution is -2.44. The zero-order valence-electron chi connectivity index (χ0n) is 21.6. The molecule has 7 nitrogen and oxygen atoms in total. The molecule has 0 aliphatic heterocycles. The molecule has 1 fully saturated rings. The maximum absolute atomic E-state index is 11.5. The maximum atomic E-state index is 11.5. The molecule has 0 atom stereocenters. The van der Waals surface area contributed by atoms with E-state index in [9.17, 15) is 14.7 Å². The highest BCUT2D eigenvalue weighted by Crippen LogP contribution is 2.26. The second-order valence-electron chi connectivity index (χ2n) is 9.99. The van der Waals surface area contributed by atoms with Crippen molar-refractivity contribution in [1.82, 2.24) is 9.80 Å². The fraction of sp³-hybridized carbons (Fsp3) is 0.517. The van der Waals surface area contributed by atoms with Gasteiger partial charge < -0.3 is 21.1 Å². The molecule has 7 heteroatoms. The first-order valence-corrected chi connectivity index (χ1v) is 13.3. The van der Waals surface area contributed by atoms with Crippen LogP contribution in [0.4, 0.5) is 5.69 Å². The van der Waals surface area contributed by atoms with Gasteiger partial charge in [-0.3, -0.25) is 14.5 Å². The predicted octanol–water partition coefficient (Wildman–Crippen LogP) is 3.87. The first-order chi connectivity index (χ1) is 17.4. The summed E-state index contributed by atoms with van der Waals surface area (Å²) in [5.41, 5.74) is 9.59. The SMILES string of the molecule is Cc1cccc(CCN(CCC(N)=O)CCN(CCc2ccc(O)c(NC=O)c2)C2CCCCC2)c1. The number of hydrogen-bond donors (Lipinski definition) is 3. The summed E-state index contributed by atoms with van der Waals surface area (Å²) in [6.07, 6.45) is 9.04. The van der Waals surface area contributed by atoms with Gasteiger partial charge in [0.2, 0.25) is 12.3 Å². The van der Waals surface area contributed by atoms with E-state index < -0.39 is 0 Å². The van der Waals surface area contributed by atoms with Gasteiger partial charge in [0.25, 0.3) is 0 Å². The third-order valence-electron chi connectivity index (χ3n) is 7.23. The summed E-state index contributed by atoms with van der Waals surface area (Å²) in [6.45, 7) is 6.43. The second kappa shape index (κ2) is 14.6. The smallest absolute Gasteiger partial charge is 0.218 e. The van der Waals surface area contributed by atoms with Crippen LogP contribution in [0.15, 0.2) is 42.5 Å². The number of aromatic hydroxyl groups is 1. The summed E-state index contributed by atoms with van der Waals surface area (Å²) in [6, 6.07) is 14.6. The Bertz CT molecular complexity index is 975. The van der Waals surface area contributed by atoms with Crippen LogP contribution in [0.5, 0.6) is 5.75 Å². The number of nitrogens with zero attached hydrogens (tertiary/aromatic N) is 2. The number of rotatable bonds is 15. The first kappa shape index (κ1) is 27.7. The predicted molar refractivity (Wildman–Crippen MR) is 145 cm³/mol. The van der Waals surface area contributed by atoms with Gasteiger partial charge in [-0.15, -0.1) is 0 Å². The Balaban J connectivity index is 1.63. The molecule has 0 aromatic heterocycles. The van der Waals surface area contributed by atoms with Crippen molar-refractivity contribution in [2.45, 2.75) is 64.3 Å². The lowest BCUT2D eigenvalue weighted by atomic mass is 9.93. The monoisotopic (exact) mass is 494 g/mol. The number of phenolic OH excluding ortho intramolecular Hbond substituents is 1. The van der Waals surface area contributed by atoms with Crippen molar-refractivity contribution in [1.29, 1.82) is 0 Å². The molecular weight excluding hydrogens is 452 g/mol. The molecule has 0 spiro atoms. The maximum Gasteiger partial charge on any atom is 0.218 e. The highest BCUT2D eigenvalue weighted by molar-refractivity contribution is 5.75. The van der Waals surface area contributed by atoms with Crippen LogP contribution < -0.4 is 11.1 Å². The van der Waals surface area contributed by atoms with Gasteiger partial charge in [-0.1, -0.05) is 55.2 Å². The number of amides is 2. The lowest BCUT2D eigenvalue weighted by Gasteiger charge is -2.36. The van der Waals surface area contributed by atoms with Gasteiger partial charge >= 0.3 is 0 Å². The van der Waals surface area contributed by atoms with Gasteiger partial charge in [0.1, 0.15) is 5.75 Å². The van der Waals surface area contributed by atoms with Crippen LogP contribution in [0.2, 0.25) is 0 Å². The van der Waals surface area contributed by atoms with Crippen LogP contribution in [-0.4, -0.2) is 66.0 Å². The Hall–Kier alpha value is -2.90. The van der Waals surface area contributed by atoms with Crippen molar-refractivity contribution in [3.63, 3.8) is 0 Å². The minimum absolute atomic E-state index is 0.0775. The standard InChI is InChI=1S/C29H42N4O3/c1-23-6-5-7-24(20-23)12-15-32(16-14-29(30)36)18-19-33(26-8-3-2-4-9-26)17-13-25-10-11-28(35)27(21-25)31-22-34/h5-7,10-11,20-22,26,35H,2-4,8-9,12-19H2,1H3,(H2,30,36)(H,31,34). The Morgan fingerprint density at radius 1 is 1.00 bits per heavy atom. The fourth-order valence-corrected chi connectivity index (χ4v) is 5.14. The average molecular weight is 495 g/mol. The van der Waals surface area contributed by atoms with Crippen molar-refractivity contribution < 1.29 is 14.7 Å². The van der Waals surface area contributed by atoms with E-state index in [-0.39, 0.29) is 11.7 Å². The van der Waals surface area contributed by atoms with E-state index in [0.717, 1.165) is 44.6 Å². The minimum atomic E-state index is -0.258. The number of aryl methyl sites for hydroxylation is 1. The largest absolute Gasteiger partial charge is 0.506 e. The van der Waals surface area contributed by atoms with Crippen molar-refractivity contribution in [2.75, 3.05) is 38.0 Å². The van der Waals surface area contributed by atoms with E-state index in [1.807, 2.05) is 12.1 Å². The van der Waals surface area contributed by atoms with Crippen molar-refractivity contribution in [3.05, 3.63) is 59.2 Å². The van der Waals surface area contributed by atoms with Crippen LogP contribution in [0, 0.1) is 6.92 Å². The van der Waals surface area contributed by atoms with Crippen molar-refractivity contribution in [3.8, 4) is 5.75 Å². The molecule has 2 aromatic rings. The summed E-state index contributed by atoms with van der Waals surface area (Å²) >= 11 is 0. The van der Waals surface area contributed by atoms with Crippen LogP contribution >= 0.6 is 0 Å². The number of nitrogens with one attached hydrogen (secondary N) is 1. The van der Waals surface area contributed by atoms with Crippen LogP contribution in [0.25, 0.3) is 0 Å². The van der Waals surface area contributed by atoms with E-state index >= 15 is 0 Å². The number of primary amides is 1. The van der Waals surface area contributed by atoms with Gasteiger partial charge in [0.05, 0.1) is 5.69 Å². The zero-order valence-corrected chi connectivity index (χ0v) is 21.6. The van der Waals surface area contributed by atoms with Gasteiger partial charge in [0.15, 0.2) is 0 Å². The van der Waals surface area contributed by atoms with E-state index in [1.165, 1.54) is 43.2 Å². The summed E-state index contributed by atoms with van der Waals surface area (Å²) in [5.74, 6) is -0.180.